The zero-order valence-corrected chi connectivity index (χ0v) is 12.5. The molecule has 0 fully saturated rings. The molecule has 3 N–H and O–H groups in total. The van der Waals surface area contributed by atoms with Gasteiger partial charge in [-0.05, 0) is 19.8 Å². The maximum absolute atomic E-state index is 11.5. The molecule has 0 aliphatic heterocycles. The van der Waals surface area contributed by atoms with Crippen LogP contribution in [0.15, 0.2) is 0 Å². The fraction of sp³-hybridized carbons (Fsp3) is 0.818. The fourth-order valence-electron chi connectivity index (χ4n) is 1.25. The Balaban J connectivity index is 4.24. The molecule has 0 aromatic carbocycles. The average Bonchev–Trinajstić information content (AvgIpc) is 2.24. The third-order valence-corrected chi connectivity index (χ3v) is 4.82. The number of carboxylic acids is 1. The van der Waals surface area contributed by atoms with E-state index in [1.807, 2.05) is 0 Å². The highest BCUT2D eigenvalue weighted by Gasteiger charge is 2.23. The second-order valence-corrected chi connectivity index (χ2v) is 7.55. The Labute approximate surface area is 113 Å². The molecule has 112 valence electrons. The summed E-state index contributed by atoms with van der Waals surface area (Å²) in [6.07, 6.45) is 0. The van der Waals surface area contributed by atoms with Crippen LogP contribution in [0.2, 0.25) is 0 Å². The zero-order valence-electron chi connectivity index (χ0n) is 11.6. The molecule has 0 aromatic heterocycles. The number of rotatable bonds is 7. The molecule has 1 unspecified atom stereocenters. The van der Waals surface area contributed by atoms with E-state index in [1.165, 1.54) is 0 Å². The largest absolute Gasteiger partial charge is 0.480 e. The topological polar surface area (TPSA) is 113 Å². The summed E-state index contributed by atoms with van der Waals surface area (Å²) in [4.78, 5) is 22.3. The van der Waals surface area contributed by atoms with E-state index >= 15 is 0 Å². The van der Waals surface area contributed by atoms with Crippen molar-refractivity contribution in [3.63, 3.8) is 0 Å². The van der Waals surface area contributed by atoms with Crippen molar-refractivity contribution in [2.45, 2.75) is 39.0 Å². The summed E-state index contributed by atoms with van der Waals surface area (Å²) < 4.78 is 23.0. The van der Waals surface area contributed by atoms with Crippen LogP contribution in [0.5, 0.6) is 0 Å². The normalized spacial score (nSPS) is 13.4. The molecule has 0 rings (SSSR count). The van der Waals surface area contributed by atoms with Crippen molar-refractivity contribution in [2.75, 3.05) is 12.3 Å². The molecule has 0 bridgehead atoms. The Bertz CT molecular complexity index is 417. The summed E-state index contributed by atoms with van der Waals surface area (Å²) in [5.74, 6) is -1.56. The lowest BCUT2D eigenvalue weighted by atomic mass is 10.1. The van der Waals surface area contributed by atoms with Gasteiger partial charge in [-0.1, -0.05) is 13.8 Å². The molecule has 0 saturated heterocycles. The number of hydrogen-bond donors (Lipinski definition) is 3. The smallest absolute Gasteiger partial charge is 0.326 e. The Hall–Kier alpha value is -1.31. The highest BCUT2D eigenvalue weighted by molar-refractivity contribution is 7.92. The van der Waals surface area contributed by atoms with E-state index < -0.39 is 33.1 Å². The Kier molecular flexibility index (Phi) is 6.82. The number of carbonyl (C=O) groups excluding carboxylic acids is 1. The van der Waals surface area contributed by atoms with Crippen LogP contribution in [0.3, 0.4) is 0 Å². The molecular weight excluding hydrogens is 272 g/mol. The summed E-state index contributed by atoms with van der Waals surface area (Å²) in [6, 6.07) is -1.68. The highest BCUT2D eigenvalue weighted by Crippen LogP contribution is 2.01. The minimum absolute atomic E-state index is 0.0449. The number of carboxylic acid groups (broad SMARTS) is 1. The minimum atomic E-state index is -3.21. The van der Waals surface area contributed by atoms with Gasteiger partial charge in [0.15, 0.2) is 9.84 Å². The molecule has 0 radical (unpaired) electrons. The van der Waals surface area contributed by atoms with Crippen molar-refractivity contribution in [3.8, 4) is 0 Å². The summed E-state index contributed by atoms with van der Waals surface area (Å²) in [7, 11) is -3.21. The fourth-order valence-corrected chi connectivity index (χ4v) is 2.11. The zero-order chi connectivity index (χ0) is 15.2. The van der Waals surface area contributed by atoms with Crippen LogP contribution in [0.25, 0.3) is 0 Å². The van der Waals surface area contributed by atoms with Crippen molar-refractivity contribution in [2.24, 2.45) is 5.92 Å². The first-order valence-electron chi connectivity index (χ1n) is 6.06. The van der Waals surface area contributed by atoms with Crippen LogP contribution < -0.4 is 10.6 Å². The summed E-state index contributed by atoms with van der Waals surface area (Å²) in [5.41, 5.74) is 0. The van der Waals surface area contributed by atoms with E-state index in [0.717, 1.165) is 0 Å². The molecule has 0 aromatic rings. The molecule has 0 spiro atoms. The van der Waals surface area contributed by atoms with Gasteiger partial charge < -0.3 is 15.7 Å². The minimum Gasteiger partial charge on any atom is -0.480 e. The van der Waals surface area contributed by atoms with Crippen LogP contribution in [0.4, 0.5) is 4.79 Å². The highest BCUT2D eigenvalue weighted by atomic mass is 32.2. The van der Waals surface area contributed by atoms with Crippen LogP contribution in [0, 0.1) is 5.92 Å². The first-order valence-corrected chi connectivity index (χ1v) is 7.78. The standard InChI is InChI=1S/C11H22N2O5S/c1-7(2)9(10(14)15)13-11(16)12-5-6-19(17,18)8(3)4/h7-9H,5-6H2,1-4H3,(H,14,15)(H2,12,13,16). The number of amides is 2. The molecule has 0 aliphatic carbocycles. The SMILES string of the molecule is CC(C)C(NC(=O)NCCS(=O)(=O)C(C)C)C(=O)O. The molecular formula is C11H22N2O5S. The third kappa shape index (κ3) is 6.42. The monoisotopic (exact) mass is 294 g/mol. The van der Waals surface area contributed by atoms with Gasteiger partial charge in [-0.15, -0.1) is 0 Å². The van der Waals surface area contributed by atoms with Gasteiger partial charge in [0.2, 0.25) is 0 Å². The Morgan fingerprint density at radius 3 is 2.05 bits per heavy atom. The first kappa shape index (κ1) is 17.7. The van der Waals surface area contributed by atoms with E-state index in [0.29, 0.717) is 0 Å². The third-order valence-electron chi connectivity index (χ3n) is 2.61. The Morgan fingerprint density at radius 2 is 1.68 bits per heavy atom. The lowest BCUT2D eigenvalue weighted by Crippen LogP contribution is -2.49. The van der Waals surface area contributed by atoms with Gasteiger partial charge in [0.05, 0.1) is 11.0 Å². The lowest BCUT2D eigenvalue weighted by molar-refractivity contribution is -0.140. The predicted molar refractivity (Wildman–Crippen MR) is 71.7 cm³/mol. The summed E-state index contributed by atoms with van der Waals surface area (Å²) in [6.45, 7) is 6.42. The van der Waals surface area contributed by atoms with Gasteiger partial charge in [0, 0.05) is 6.54 Å². The summed E-state index contributed by atoms with van der Waals surface area (Å²) >= 11 is 0. The van der Waals surface area contributed by atoms with E-state index in [4.69, 9.17) is 5.11 Å². The number of aliphatic carboxylic acids is 1. The second-order valence-electron chi connectivity index (χ2n) is 4.88. The number of carbonyl (C=O) groups is 2. The van der Waals surface area contributed by atoms with Crippen molar-refractivity contribution >= 4 is 21.8 Å². The van der Waals surface area contributed by atoms with Gasteiger partial charge in [0.1, 0.15) is 6.04 Å². The van der Waals surface area contributed by atoms with E-state index in [-0.39, 0.29) is 18.2 Å². The maximum atomic E-state index is 11.5. The number of urea groups is 1. The van der Waals surface area contributed by atoms with Gasteiger partial charge in [-0.25, -0.2) is 18.0 Å². The molecule has 7 nitrogen and oxygen atoms in total. The van der Waals surface area contributed by atoms with E-state index in [9.17, 15) is 18.0 Å². The van der Waals surface area contributed by atoms with Crippen molar-refractivity contribution in [3.05, 3.63) is 0 Å². The second kappa shape index (κ2) is 7.32. The molecule has 0 saturated carbocycles. The van der Waals surface area contributed by atoms with Crippen molar-refractivity contribution in [1.29, 1.82) is 0 Å². The van der Waals surface area contributed by atoms with Gasteiger partial charge in [0.25, 0.3) is 0 Å². The number of nitrogens with one attached hydrogen (secondary N) is 2. The molecule has 2 amide bonds. The predicted octanol–water partition coefficient (Wildman–Crippen LogP) is 0.218. The number of sulfone groups is 1. The van der Waals surface area contributed by atoms with E-state index in [2.05, 4.69) is 10.6 Å². The average molecular weight is 294 g/mol. The van der Waals surface area contributed by atoms with Crippen molar-refractivity contribution < 1.29 is 23.1 Å². The van der Waals surface area contributed by atoms with Crippen molar-refractivity contribution in [1.82, 2.24) is 10.6 Å². The van der Waals surface area contributed by atoms with E-state index in [1.54, 1.807) is 27.7 Å². The molecule has 19 heavy (non-hydrogen) atoms. The lowest BCUT2D eigenvalue weighted by Gasteiger charge is -2.18. The maximum Gasteiger partial charge on any atom is 0.326 e. The molecule has 8 heteroatoms. The van der Waals surface area contributed by atoms with Gasteiger partial charge in [-0.3, -0.25) is 0 Å². The quantitative estimate of drug-likeness (QED) is 0.621. The molecule has 0 heterocycles. The van der Waals surface area contributed by atoms with Crippen LogP contribution in [-0.2, 0) is 14.6 Å². The van der Waals surface area contributed by atoms with Gasteiger partial charge in [-0.2, -0.15) is 0 Å². The van der Waals surface area contributed by atoms with Crippen LogP contribution in [-0.4, -0.2) is 49.1 Å². The summed E-state index contributed by atoms with van der Waals surface area (Å²) in [5, 5.41) is 13.0. The van der Waals surface area contributed by atoms with Crippen LogP contribution in [0.1, 0.15) is 27.7 Å². The number of hydrogen-bond acceptors (Lipinski definition) is 4. The molecule has 0 aliphatic rings. The molecule has 1 atom stereocenters. The first-order chi connectivity index (χ1) is 8.58. The van der Waals surface area contributed by atoms with Gasteiger partial charge >= 0.3 is 12.0 Å². The van der Waals surface area contributed by atoms with Crippen LogP contribution >= 0.6 is 0 Å². The Morgan fingerprint density at radius 1 is 1.16 bits per heavy atom.